The van der Waals surface area contributed by atoms with Gasteiger partial charge in [-0.3, -0.25) is 4.79 Å². The molecule has 31 heavy (non-hydrogen) atoms. The van der Waals surface area contributed by atoms with Crippen molar-refractivity contribution in [2.75, 3.05) is 31.9 Å². The molecular weight excluding hydrogens is 432 g/mol. The molecule has 1 N–H and O–H groups in total. The number of aryl methyl sites for hydroxylation is 3. The monoisotopic (exact) mass is 458 g/mol. The molecule has 4 rings (SSSR count). The molecule has 1 aromatic carbocycles. The number of rotatable bonds is 6. The average Bonchev–Trinajstić information content (AvgIpc) is 3.13. The topological polar surface area (TPSA) is 67.4 Å². The Hall–Kier alpha value is -2.38. The number of hydrogen-bond donors (Lipinski definition) is 1. The Morgan fingerprint density at radius 1 is 1.29 bits per heavy atom. The third-order valence-corrected chi connectivity index (χ3v) is 7.14. The first kappa shape index (κ1) is 21.8. The maximum absolute atomic E-state index is 12.5. The lowest BCUT2D eigenvalue weighted by atomic mass is 9.87. The zero-order valence-corrected chi connectivity index (χ0v) is 19.9. The molecule has 0 radical (unpaired) electrons. The smallest absolute Gasteiger partial charge is 0.225 e. The number of hydrogen-bond acceptors (Lipinski definition) is 6. The number of thiophene rings is 1. The van der Waals surface area contributed by atoms with Crippen molar-refractivity contribution in [3.05, 3.63) is 40.0 Å². The van der Waals surface area contributed by atoms with Gasteiger partial charge in [-0.15, -0.1) is 22.9 Å². The number of alkyl halides is 1. The van der Waals surface area contributed by atoms with Crippen LogP contribution in [0.2, 0.25) is 0 Å². The SMILES string of the molecule is Cc1cc(Nc2ncnc3sc4c(c23)CCC(C(=O)N(C)C)C4)c(OCCCl)cc1C. The lowest BCUT2D eigenvalue weighted by Crippen LogP contribution is -2.32. The first-order valence-electron chi connectivity index (χ1n) is 10.4. The van der Waals surface area contributed by atoms with Gasteiger partial charge < -0.3 is 15.0 Å². The zero-order valence-electron chi connectivity index (χ0n) is 18.3. The number of aromatic nitrogens is 2. The Kier molecular flexibility index (Phi) is 6.34. The summed E-state index contributed by atoms with van der Waals surface area (Å²) in [6.45, 7) is 4.58. The van der Waals surface area contributed by atoms with Crippen molar-refractivity contribution in [2.45, 2.75) is 33.1 Å². The molecule has 2 heterocycles. The summed E-state index contributed by atoms with van der Waals surface area (Å²) < 4.78 is 5.89. The van der Waals surface area contributed by atoms with E-state index in [0.717, 1.165) is 52.3 Å². The van der Waals surface area contributed by atoms with E-state index in [1.165, 1.54) is 16.0 Å². The van der Waals surface area contributed by atoms with E-state index in [9.17, 15) is 4.79 Å². The van der Waals surface area contributed by atoms with Crippen LogP contribution in [-0.4, -0.2) is 47.4 Å². The van der Waals surface area contributed by atoms with Crippen molar-refractivity contribution in [1.29, 1.82) is 0 Å². The Morgan fingerprint density at radius 3 is 2.81 bits per heavy atom. The summed E-state index contributed by atoms with van der Waals surface area (Å²) in [6.07, 6.45) is 4.05. The molecule has 0 saturated carbocycles. The summed E-state index contributed by atoms with van der Waals surface area (Å²) in [5.41, 5.74) is 4.46. The number of halogens is 1. The van der Waals surface area contributed by atoms with Crippen LogP contribution >= 0.6 is 22.9 Å². The summed E-state index contributed by atoms with van der Waals surface area (Å²) in [5, 5.41) is 4.55. The van der Waals surface area contributed by atoms with E-state index in [-0.39, 0.29) is 11.8 Å². The van der Waals surface area contributed by atoms with Crippen LogP contribution in [0.5, 0.6) is 5.75 Å². The maximum Gasteiger partial charge on any atom is 0.225 e. The molecule has 0 spiro atoms. The van der Waals surface area contributed by atoms with Crippen molar-refractivity contribution in [3.8, 4) is 5.75 Å². The summed E-state index contributed by atoms with van der Waals surface area (Å²) in [7, 11) is 3.65. The summed E-state index contributed by atoms with van der Waals surface area (Å²) in [5.74, 6) is 2.20. The second-order valence-electron chi connectivity index (χ2n) is 8.17. The van der Waals surface area contributed by atoms with Gasteiger partial charge >= 0.3 is 0 Å². The standard InChI is InChI=1S/C23H27ClN4O2S/c1-13-9-17(18(10-14(13)2)30-8-7-24)27-21-20-16-6-5-15(23(29)28(3)4)11-19(16)31-22(20)26-12-25-21/h9-10,12,15H,5-8,11H2,1-4H3,(H,25,26,27). The predicted octanol–water partition coefficient (Wildman–Crippen LogP) is 4.86. The molecule has 6 nitrogen and oxygen atoms in total. The van der Waals surface area contributed by atoms with Crippen molar-refractivity contribution in [2.24, 2.45) is 5.92 Å². The van der Waals surface area contributed by atoms with Gasteiger partial charge in [0.25, 0.3) is 0 Å². The van der Waals surface area contributed by atoms with Crippen LogP contribution in [-0.2, 0) is 17.6 Å². The van der Waals surface area contributed by atoms with E-state index >= 15 is 0 Å². The quantitative estimate of drug-likeness (QED) is 0.534. The highest BCUT2D eigenvalue weighted by molar-refractivity contribution is 7.19. The molecule has 3 aromatic rings. The van der Waals surface area contributed by atoms with Crippen LogP contribution in [0.15, 0.2) is 18.5 Å². The van der Waals surface area contributed by atoms with Crippen molar-refractivity contribution in [3.63, 3.8) is 0 Å². The highest BCUT2D eigenvalue weighted by Gasteiger charge is 2.30. The van der Waals surface area contributed by atoms with E-state index < -0.39 is 0 Å². The fourth-order valence-corrected chi connectivity index (χ4v) is 5.41. The lowest BCUT2D eigenvalue weighted by Gasteiger charge is -2.24. The number of carbonyl (C=O) groups is 1. The molecule has 1 atom stereocenters. The number of benzene rings is 1. The van der Waals surface area contributed by atoms with Gasteiger partial charge in [0.2, 0.25) is 5.91 Å². The van der Waals surface area contributed by atoms with Crippen LogP contribution in [0.1, 0.15) is 28.0 Å². The Morgan fingerprint density at radius 2 is 2.06 bits per heavy atom. The van der Waals surface area contributed by atoms with Gasteiger partial charge in [-0.1, -0.05) is 0 Å². The van der Waals surface area contributed by atoms with Gasteiger partial charge in [-0.2, -0.15) is 0 Å². The molecule has 0 saturated heterocycles. The van der Waals surface area contributed by atoms with Crippen molar-refractivity contribution >= 4 is 50.6 Å². The molecule has 2 aromatic heterocycles. The molecule has 0 bridgehead atoms. The Balaban J connectivity index is 1.71. The fraction of sp³-hybridized carbons (Fsp3) is 0.435. The van der Waals surface area contributed by atoms with E-state index in [2.05, 4.69) is 35.2 Å². The zero-order chi connectivity index (χ0) is 22.1. The molecule has 0 aliphatic heterocycles. The minimum atomic E-state index is 0.0373. The average molecular weight is 459 g/mol. The van der Waals surface area contributed by atoms with Gasteiger partial charge in [0, 0.05) is 24.9 Å². The number of ether oxygens (including phenoxy) is 1. The largest absolute Gasteiger partial charge is 0.490 e. The number of nitrogens with zero attached hydrogens (tertiary/aromatic N) is 3. The number of anilines is 2. The Bertz CT molecular complexity index is 1130. The fourth-order valence-electron chi connectivity index (χ4n) is 4.06. The summed E-state index contributed by atoms with van der Waals surface area (Å²) >= 11 is 7.51. The molecule has 1 aliphatic rings. The van der Waals surface area contributed by atoms with E-state index in [1.807, 2.05) is 20.2 Å². The van der Waals surface area contributed by atoms with Gasteiger partial charge in [0.1, 0.15) is 29.3 Å². The highest BCUT2D eigenvalue weighted by Crippen LogP contribution is 2.41. The Labute approximate surface area is 191 Å². The molecule has 1 unspecified atom stereocenters. The second kappa shape index (κ2) is 9.01. The molecule has 8 heteroatoms. The van der Waals surface area contributed by atoms with E-state index in [0.29, 0.717) is 12.5 Å². The predicted molar refractivity (Wildman–Crippen MR) is 127 cm³/mol. The number of carbonyl (C=O) groups excluding carboxylic acids is 1. The third-order valence-electron chi connectivity index (χ3n) is 5.82. The number of nitrogens with one attached hydrogen (secondary N) is 1. The first-order valence-corrected chi connectivity index (χ1v) is 11.8. The second-order valence-corrected chi connectivity index (χ2v) is 9.64. The van der Waals surface area contributed by atoms with Crippen LogP contribution in [0.25, 0.3) is 10.2 Å². The number of fused-ring (bicyclic) bond motifs is 3. The van der Waals surface area contributed by atoms with Crippen LogP contribution in [0.4, 0.5) is 11.5 Å². The van der Waals surface area contributed by atoms with Gasteiger partial charge in [0.05, 0.1) is 17.0 Å². The minimum Gasteiger partial charge on any atom is -0.490 e. The van der Waals surface area contributed by atoms with Gasteiger partial charge in [-0.05, 0) is 61.9 Å². The van der Waals surface area contributed by atoms with Crippen LogP contribution < -0.4 is 10.1 Å². The molecule has 164 valence electrons. The lowest BCUT2D eigenvalue weighted by molar-refractivity contribution is -0.133. The van der Waals surface area contributed by atoms with Crippen molar-refractivity contribution < 1.29 is 9.53 Å². The summed E-state index contributed by atoms with van der Waals surface area (Å²) in [4.78, 5) is 25.5. The molecule has 1 amide bonds. The summed E-state index contributed by atoms with van der Waals surface area (Å²) in [6, 6.07) is 4.11. The molecular formula is C23H27ClN4O2S. The minimum absolute atomic E-state index is 0.0373. The molecule has 1 aliphatic carbocycles. The number of amides is 1. The van der Waals surface area contributed by atoms with E-state index in [4.69, 9.17) is 16.3 Å². The van der Waals surface area contributed by atoms with Gasteiger partial charge in [-0.25, -0.2) is 9.97 Å². The maximum atomic E-state index is 12.5. The molecule has 0 fully saturated rings. The van der Waals surface area contributed by atoms with Gasteiger partial charge in [0.15, 0.2) is 0 Å². The highest BCUT2D eigenvalue weighted by atomic mass is 35.5. The van der Waals surface area contributed by atoms with Crippen LogP contribution in [0.3, 0.4) is 0 Å². The first-order chi connectivity index (χ1) is 14.9. The normalized spacial score (nSPS) is 15.6. The van der Waals surface area contributed by atoms with Crippen molar-refractivity contribution in [1.82, 2.24) is 14.9 Å². The third kappa shape index (κ3) is 4.34. The van der Waals surface area contributed by atoms with E-state index in [1.54, 1.807) is 22.6 Å². The van der Waals surface area contributed by atoms with Crippen LogP contribution in [0, 0.1) is 19.8 Å².